The number of carboxylic acid groups (broad SMARTS) is 1. The average Bonchev–Trinajstić information content (AvgIpc) is 2.73. The van der Waals surface area contributed by atoms with E-state index in [1.807, 2.05) is 0 Å². The summed E-state index contributed by atoms with van der Waals surface area (Å²) in [6, 6.07) is 9.04. The zero-order valence-corrected chi connectivity index (χ0v) is 10.4. The summed E-state index contributed by atoms with van der Waals surface area (Å²) in [6.45, 7) is 1.53. The molecule has 2 aromatic rings. The molecule has 0 radical (unpaired) electrons. The molecule has 2 N–H and O–H groups in total. The molecule has 0 saturated heterocycles. The van der Waals surface area contributed by atoms with Crippen molar-refractivity contribution in [2.45, 2.75) is 16.7 Å². The van der Waals surface area contributed by atoms with E-state index in [4.69, 9.17) is 5.11 Å². The second-order valence-corrected chi connectivity index (χ2v) is 5.71. The number of aryl methyl sites for hydroxylation is 1. The Hall–Kier alpha value is -2.08. The van der Waals surface area contributed by atoms with Crippen molar-refractivity contribution in [1.82, 2.24) is 4.98 Å². The number of benzene rings is 1. The van der Waals surface area contributed by atoms with Crippen LogP contribution in [-0.2, 0) is 9.84 Å². The highest BCUT2D eigenvalue weighted by Gasteiger charge is 2.23. The van der Waals surface area contributed by atoms with Gasteiger partial charge in [0.05, 0.1) is 9.79 Å². The fourth-order valence-electron chi connectivity index (χ4n) is 1.66. The van der Waals surface area contributed by atoms with Crippen LogP contribution in [0.4, 0.5) is 0 Å². The van der Waals surface area contributed by atoms with Gasteiger partial charge in [-0.05, 0) is 25.1 Å². The van der Waals surface area contributed by atoms with Crippen LogP contribution in [0.2, 0.25) is 0 Å². The molecule has 1 heterocycles. The predicted molar refractivity (Wildman–Crippen MR) is 64.4 cm³/mol. The molecule has 0 fully saturated rings. The Labute approximate surface area is 104 Å². The van der Waals surface area contributed by atoms with Gasteiger partial charge < -0.3 is 10.1 Å². The van der Waals surface area contributed by atoms with Crippen molar-refractivity contribution in [3.63, 3.8) is 0 Å². The third-order valence-electron chi connectivity index (χ3n) is 2.54. The number of aromatic carboxylic acids is 1. The highest BCUT2D eigenvalue weighted by molar-refractivity contribution is 7.91. The van der Waals surface area contributed by atoms with Crippen LogP contribution in [-0.4, -0.2) is 24.5 Å². The van der Waals surface area contributed by atoms with Gasteiger partial charge in [-0.3, -0.25) is 0 Å². The van der Waals surface area contributed by atoms with Gasteiger partial charge in [0.1, 0.15) is 5.69 Å². The van der Waals surface area contributed by atoms with Crippen LogP contribution in [0, 0.1) is 6.92 Å². The lowest BCUT2D eigenvalue weighted by Crippen LogP contribution is -2.02. The maximum absolute atomic E-state index is 12.3. The van der Waals surface area contributed by atoms with Crippen molar-refractivity contribution < 1.29 is 18.3 Å². The van der Waals surface area contributed by atoms with Gasteiger partial charge in [-0.1, -0.05) is 18.2 Å². The lowest BCUT2D eigenvalue weighted by atomic mass is 10.4. The quantitative estimate of drug-likeness (QED) is 0.886. The Bertz CT molecular complexity index is 686. The van der Waals surface area contributed by atoms with E-state index in [0.29, 0.717) is 5.69 Å². The number of nitrogens with one attached hydrogen (secondary N) is 1. The molecule has 0 aliphatic carbocycles. The van der Waals surface area contributed by atoms with Crippen LogP contribution in [0.25, 0.3) is 0 Å². The Kier molecular flexibility index (Phi) is 2.96. The van der Waals surface area contributed by atoms with Crippen molar-refractivity contribution in [3.8, 4) is 0 Å². The first-order valence-electron chi connectivity index (χ1n) is 5.16. The molecule has 0 aliphatic rings. The number of rotatable bonds is 3. The van der Waals surface area contributed by atoms with Gasteiger partial charge >= 0.3 is 5.97 Å². The van der Waals surface area contributed by atoms with Crippen LogP contribution < -0.4 is 0 Å². The molecular formula is C12H11NO4S. The lowest BCUT2D eigenvalue weighted by Gasteiger charge is -2.02. The van der Waals surface area contributed by atoms with Crippen molar-refractivity contribution in [1.29, 1.82) is 0 Å². The van der Waals surface area contributed by atoms with E-state index in [2.05, 4.69) is 4.98 Å². The smallest absolute Gasteiger partial charge is 0.352 e. The summed E-state index contributed by atoms with van der Waals surface area (Å²) >= 11 is 0. The SMILES string of the molecule is Cc1[nH]c(C(=O)O)cc1S(=O)(=O)c1ccccc1. The summed E-state index contributed by atoms with van der Waals surface area (Å²) in [5.41, 5.74) is 0.179. The van der Waals surface area contributed by atoms with E-state index in [9.17, 15) is 13.2 Å². The number of H-pyrrole nitrogens is 1. The summed E-state index contributed by atoms with van der Waals surface area (Å²) in [6.07, 6.45) is 0. The molecule has 94 valence electrons. The molecule has 0 unspecified atom stereocenters. The Balaban J connectivity index is 2.59. The first-order valence-corrected chi connectivity index (χ1v) is 6.64. The van der Waals surface area contributed by atoms with E-state index in [0.717, 1.165) is 6.07 Å². The highest BCUT2D eigenvalue weighted by atomic mass is 32.2. The highest BCUT2D eigenvalue weighted by Crippen LogP contribution is 2.24. The van der Waals surface area contributed by atoms with Crippen LogP contribution >= 0.6 is 0 Å². The van der Waals surface area contributed by atoms with Gasteiger partial charge in [0.2, 0.25) is 9.84 Å². The molecule has 5 nitrogen and oxygen atoms in total. The average molecular weight is 265 g/mol. The largest absolute Gasteiger partial charge is 0.477 e. The monoisotopic (exact) mass is 265 g/mol. The Morgan fingerprint density at radius 2 is 1.83 bits per heavy atom. The lowest BCUT2D eigenvalue weighted by molar-refractivity contribution is 0.0691. The van der Waals surface area contributed by atoms with E-state index in [1.54, 1.807) is 18.2 Å². The molecule has 0 amide bonds. The van der Waals surface area contributed by atoms with Crippen molar-refractivity contribution in [3.05, 3.63) is 47.8 Å². The molecule has 1 aromatic heterocycles. The van der Waals surface area contributed by atoms with Crippen LogP contribution in [0.3, 0.4) is 0 Å². The van der Waals surface area contributed by atoms with Crippen LogP contribution in [0.5, 0.6) is 0 Å². The van der Waals surface area contributed by atoms with Gasteiger partial charge in [-0.2, -0.15) is 0 Å². The summed E-state index contributed by atoms with van der Waals surface area (Å²) in [7, 11) is -3.68. The molecule has 0 saturated carbocycles. The number of carboxylic acids is 1. The number of hydrogen-bond donors (Lipinski definition) is 2. The Morgan fingerprint density at radius 3 is 2.33 bits per heavy atom. The Morgan fingerprint density at radius 1 is 1.22 bits per heavy atom. The molecule has 2 rings (SSSR count). The first kappa shape index (κ1) is 12.4. The molecule has 0 aliphatic heterocycles. The molecule has 1 aromatic carbocycles. The van der Waals surface area contributed by atoms with Gasteiger partial charge in [0.25, 0.3) is 0 Å². The summed E-state index contributed by atoms with van der Waals surface area (Å²) < 4.78 is 24.6. The minimum Gasteiger partial charge on any atom is -0.477 e. The van der Waals surface area contributed by atoms with E-state index in [-0.39, 0.29) is 15.5 Å². The second-order valence-electron chi connectivity index (χ2n) is 3.79. The standard InChI is InChI=1S/C12H11NO4S/c1-8-11(7-10(13-8)12(14)15)18(16,17)9-5-3-2-4-6-9/h2-7,13H,1H3,(H,14,15). The summed E-state index contributed by atoms with van der Waals surface area (Å²) in [5, 5.41) is 8.83. The third-order valence-corrected chi connectivity index (χ3v) is 4.44. The van der Waals surface area contributed by atoms with Gasteiger partial charge in [-0.25, -0.2) is 13.2 Å². The summed E-state index contributed by atoms with van der Waals surface area (Å²) in [4.78, 5) is 13.5. The molecule has 0 spiro atoms. The van der Waals surface area contributed by atoms with Crippen molar-refractivity contribution in [2.24, 2.45) is 0 Å². The van der Waals surface area contributed by atoms with E-state index in [1.165, 1.54) is 19.1 Å². The number of hydrogen-bond acceptors (Lipinski definition) is 3. The normalized spacial score (nSPS) is 11.4. The number of sulfone groups is 1. The number of aromatic nitrogens is 1. The molecule has 0 bridgehead atoms. The van der Waals surface area contributed by atoms with E-state index >= 15 is 0 Å². The zero-order valence-electron chi connectivity index (χ0n) is 9.54. The maximum atomic E-state index is 12.3. The van der Waals surface area contributed by atoms with Crippen molar-refractivity contribution in [2.75, 3.05) is 0 Å². The minimum atomic E-state index is -3.68. The summed E-state index contributed by atoms with van der Waals surface area (Å²) in [5.74, 6) is -1.19. The zero-order chi connectivity index (χ0) is 13.3. The molecule has 18 heavy (non-hydrogen) atoms. The van der Waals surface area contributed by atoms with Crippen LogP contribution in [0.1, 0.15) is 16.2 Å². The maximum Gasteiger partial charge on any atom is 0.352 e. The first-order chi connectivity index (χ1) is 8.43. The third kappa shape index (κ3) is 2.02. The fraction of sp³-hybridized carbons (Fsp3) is 0.0833. The van der Waals surface area contributed by atoms with Crippen LogP contribution in [0.15, 0.2) is 46.2 Å². The predicted octanol–water partition coefficient (Wildman–Crippen LogP) is 1.85. The van der Waals surface area contributed by atoms with Gasteiger partial charge in [0.15, 0.2) is 0 Å². The molecule has 0 atom stereocenters. The second kappa shape index (κ2) is 4.30. The molecule has 6 heteroatoms. The molecular weight excluding hydrogens is 254 g/mol. The van der Waals surface area contributed by atoms with Crippen molar-refractivity contribution >= 4 is 15.8 Å². The minimum absolute atomic E-state index is 0.00824. The topological polar surface area (TPSA) is 87.2 Å². The number of aromatic amines is 1. The fourth-order valence-corrected chi connectivity index (χ4v) is 3.16. The van der Waals surface area contributed by atoms with Gasteiger partial charge in [-0.15, -0.1) is 0 Å². The number of carbonyl (C=O) groups is 1. The van der Waals surface area contributed by atoms with Gasteiger partial charge in [0, 0.05) is 5.69 Å². The van der Waals surface area contributed by atoms with E-state index < -0.39 is 15.8 Å².